The fourth-order valence-electron chi connectivity index (χ4n) is 3.13. The first kappa shape index (κ1) is 14.1. The van der Waals surface area contributed by atoms with Gasteiger partial charge in [0, 0.05) is 40.5 Å². The van der Waals surface area contributed by atoms with Gasteiger partial charge in [0.25, 0.3) is 0 Å². The smallest absolute Gasteiger partial charge is 0.144 e. The summed E-state index contributed by atoms with van der Waals surface area (Å²) in [4.78, 5) is 4.49. The molecule has 0 aliphatic heterocycles. The average Bonchev–Trinajstić information content (AvgIpc) is 3.39. The molecule has 0 saturated carbocycles. The molecule has 25 heavy (non-hydrogen) atoms. The molecule has 0 spiro atoms. The third-order valence-corrected chi connectivity index (χ3v) is 4.38. The summed E-state index contributed by atoms with van der Waals surface area (Å²) in [6.07, 6.45) is 9.14. The Balaban J connectivity index is 1.74. The number of aliphatic hydroxyl groups is 1. The lowest BCUT2D eigenvalue weighted by Crippen LogP contribution is -1.90. The summed E-state index contributed by atoms with van der Waals surface area (Å²) in [6.45, 7) is -0.114. The van der Waals surface area contributed by atoms with Crippen molar-refractivity contribution in [1.29, 1.82) is 0 Å². The number of aromatic nitrogens is 2. The van der Waals surface area contributed by atoms with Crippen LogP contribution in [0.2, 0.25) is 0 Å². The Morgan fingerprint density at radius 3 is 2.80 bits per heavy atom. The molecule has 5 aromatic rings. The highest BCUT2D eigenvalue weighted by Crippen LogP contribution is 2.32. The molecule has 0 atom stereocenters. The van der Waals surface area contributed by atoms with Crippen molar-refractivity contribution < 1.29 is 13.9 Å². The molecule has 0 bridgehead atoms. The number of benzene rings is 1. The van der Waals surface area contributed by atoms with Crippen LogP contribution in [0.25, 0.3) is 38.9 Å². The zero-order valence-electron chi connectivity index (χ0n) is 13.2. The molecule has 5 nitrogen and oxygen atoms in total. The first-order valence-electron chi connectivity index (χ1n) is 7.95. The van der Waals surface area contributed by atoms with Gasteiger partial charge in [-0.3, -0.25) is 0 Å². The predicted octanol–water partition coefficient (Wildman–Crippen LogP) is 4.50. The second-order valence-electron chi connectivity index (χ2n) is 5.94. The quantitative estimate of drug-likeness (QED) is 0.529. The summed E-state index contributed by atoms with van der Waals surface area (Å²) in [5.41, 5.74) is 3.86. The second kappa shape index (κ2) is 5.36. The summed E-state index contributed by atoms with van der Waals surface area (Å²) in [7, 11) is 0. The molecule has 0 saturated heterocycles. The Labute approximate surface area is 142 Å². The number of furan rings is 2. The van der Waals surface area contributed by atoms with Gasteiger partial charge >= 0.3 is 0 Å². The van der Waals surface area contributed by atoms with Gasteiger partial charge in [-0.05, 0) is 29.8 Å². The molecule has 0 fully saturated rings. The molecule has 0 aliphatic rings. The molecule has 4 heterocycles. The van der Waals surface area contributed by atoms with Gasteiger partial charge in [-0.2, -0.15) is 0 Å². The third-order valence-electron chi connectivity index (χ3n) is 4.38. The summed E-state index contributed by atoms with van der Waals surface area (Å²) < 4.78 is 12.9. The molecule has 122 valence electrons. The van der Waals surface area contributed by atoms with E-state index in [4.69, 9.17) is 8.83 Å². The number of fused-ring (bicyclic) bond motifs is 2. The minimum atomic E-state index is -0.114. The van der Waals surface area contributed by atoms with Gasteiger partial charge in [-0.15, -0.1) is 0 Å². The molecule has 5 rings (SSSR count). The summed E-state index contributed by atoms with van der Waals surface area (Å²) >= 11 is 0. The van der Waals surface area contributed by atoms with Crippen LogP contribution in [-0.2, 0) is 6.61 Å². The summed E-state index contributed by atoms with van der Waals surface area (Å²) in [5, 5.41) is 11.3. The zero-order chi connectivity index (χ0) is 16.8. The molecule has 5 heteroatoms. The van der Waals surface area contributed by atoms with Gasteiger partial charge in [-0.25, -0.2) is 4.98 Å². The van der Waals surface area contributed by atoms with E-state index in [0.29, 0.717) is 11.5 Å². The number of hydrogen-bond donors (Lipinski definition) is 1. The summed E-state index contributed by atoms with van der Waals surface area (Å²) in [6, 6.07) is 11.9. The number of aliphatic hydroxyl groups excluding tert-OH is 1. The highest BCUT2D eigenvalue weighted by Gasteiger charge is 2.12. The molecule has 0 aliphatic carbocycles. The lowest BCUT2D eigenvalue weighted by molar-refractivity contribution is 0.248. The van der Waals surface area contributed by atoms with Gasteiger partial charge in [0.15, 0.2) is 0 Å². The number of pyridine rings is 1. The van der Waals surface area contributed by atoms with E-state index < -0.39 is 0 Å². The van der Waals surface area contributed by atoms with Crippen LogP contribution in [-0.4, -0.2) is 14.5 Å². The van der Waals surface area contributed by atoms with Crippen molar-refractivity contribution in [2.45, 2.75) is 6.61 Å². The molecule has 0 unspecified atom stereocenters. The minimum absolute atomic E-state index is 0.114. The molecule has 0 amide bonds. The lowest BCUT2D eigenvalue weighted by Gasteiger charge is -2.08. The van der Waals surface area contributed by atoms with Crippen molar-refractivity contribution >= 4 is 16.4 Å². The monoisotopic (exact) mass is 330 g/mol. The van der Waals surface area contributed by atoms with Gasteiger partial charge in [0.2, 0.25) is 0 Å². The molecule has 0 radical (unpaired) electrons. The highest BCUT2D eigenvalue weighted by atomic mass is 16.4. The molecule has 4 aromatic heterocycles. The second-order valence-corrected chi connectivity index (χ2v) is 5.94. The van der Waals surface area contributed by atoms with Crippen molar-refractivity contribution in [3.05, 3.63) is 73.3 Å². The van der Waals surface area contributed by atoms with Gasteiger partial charge in [0.05, 0.1) is 12.5 Å². The maximum Gasteiger partial charge on any atom is 0.144 e. The van der Waals surface area contributed by atoms with Crippen LogP contribution in [0.4, 0.5) is 0 Å². The van der Waals surface area contributed by atoms with Gasteiger partial charge < -0.3 is 18.3 Å². The SMILES string of the molecule is OCc1ccc(-c2cc(-c3ccc4cocc4c3)c3nccn3c2)o1. The molecule has 1 aromatic carbocycles. The first-order valence-corrected chi connectivity index (χ1v) is 7.95. The number of imidazole rings is 1. The molecular formula is C20H14N2O3. The average molecular weight is 330 g/mol. The molecular weight excluding hydrogens is 316 g/mol. The van der Waals surface area contributed by atoms with Crippen molar-refractivity contribution in [3.63, 3.8) is 0 Å². The van der Waals surface area contributed by atoms with E-state index in [1.807, 2.05) is 28.9 Å². The topological polar surface area (TPSA) is 63.8 Å². The van der Waals surface area contributed by atoms with Gasteiger partial charge in [0.1, 0.15) is 23.8 Å². The fourth-order valence-corrected chi connectivity index (χ4v) is 3.13. The van der Waals surface area contributed by atoms with E-state index in [2.05, 4.69) is 23.2 Å². The van der Waals surface area contributed by atoms with Crippen LogP contribution in [0.15, 0.2) is 76.3 Å². The zero-order valence-corrected chi connectivity index (χ0v) is 13.2. The van der Waals surface area contributed by atoms with Crippen molar-refractivity contribution in [1.82, 2.24) is 9.38 Å². The van der Waals surface area contributed by atoms with Crippen LogP contribution >= 0.6 is 0 Å². The Bertz CT molecular complexity index is 1200. The number of hydrogen-bond acceptors (Lipinski definition) is 4. The number of rotatable bonds is 3. The van der Waals surface area contributed by atoms with E-state index >= 15 is 0 Å². The van der Waals surface area contributed by atoms with Crippen LogP contribution in [0.3, 0.4) is 0 Å². The van der Waals surface area contributed by atoms with Crippen molar-refractivity contribution in [3.8, 4) is 22.5 Å². The van der Waals surface area contributed by atoms with E-state index in [0.717, 1.165) is 33.1 Å². The minimum Gasteiger partial charge on any atom is -0.471 e. The van der Waals surface area contributed by atoms with E-state index in [1.165, 1.54) is 0 Å². The van der Waals surface area contributed by atoms with E-state index in [9.17, 15) is 5.11 Å². The lowest BCUT2D eigenvalue weighted by atomic mass is 10.0. The van der Waals surface area contributed by atoms with Crippen LogP contribution in [0, 0.1) is 0 Å². The normalized spacial score (nSPS) is 11.6. The third kappa shape index (κ3) is 2.25. The van der Waals surface area contributed by atoms with Crippen molar-refractivity contribution in [2.24, 2.45) is 0 Å². The maximum atomic E-state index is 9.23. The van der Waals surface area contributed by atoms with Crippen LogP contribution in [0.1, 0.15) is 5.76 Å². The Hall–Kier alpha value is -3.31. The standard InChI is InChI=1S/C20H14N2O3/c23-10-17-3-4-19(25-17)15-8-18(20-21-5-6-22(20)9-15)13-1-2-14-11-24-12-16(14)7-13/h1-9,11-12,23H,10H2. The van der Waals surface area contributed by atoms with E-state index in [-0.39, 0.29) is 6.61 Å². The highest BCUT2D eigenvalue weighted by molar-refractivity contribution is 5.90. The predicted molar refractivity (Wildman–Crippen MR) is 94.0 cm³/mol. The van der Waals surface area contributed by atoms with E-state index in [1.54, 1.807) is 24.8 Å². The number of nitrogens with zero attached hydrogens (tertiary/aromatic N) is 2. The molecule has 1 N–H and O–H groups in total. The Morgan fingerprint density at radius 2 is 1.92 bits per heavy atom. The maximum absolute atomic E-state index is 9.23. The van der Waals surface area contributed by atoms with Crippen LogP contribution < -0.4 is 0 Å². The largest absolute Gasteiger partial charge is 0.471 e. The van der Waals surface area contributed by atoms with Crippen LogP contribution in [0.5, 0.6) is 0 Å². The van der Waals surface area contributed by atoms with Crippen molar-refractivity contribution in [2.75, 3.05) is 0 Å². The Morgan fingerprint density at radius 1 is 1.00 bits per heavy atom. The van der Waals surface area contributed by atoms with Gasteiger partial charge in [-0.1, -0.05) is 12.1 Å². The Kier molecular flexibility index (Phi) is 3.02. The summed E-state index contributed by atoms with van der Waals surface area (Å²) in [5.74, 6) is 1.26. The first-order chi connectivity index (χ1) is 12.3. The fraction of sp³-hybridized carbons (Fsp3) is 0.0500.